The molecule has 0 aromatic heterocycles. The highest BCUT2D eigenvalue weighted by molar-refractivity contribution is 5.55. The van der Waals surface area contributed by atoms with E-state index in [1.807, 2.05) is 0 Å². The fraction of sp³-hybridized carbons (Fsp3) is 0.600. The van der Waals surface area contributed by atoms with Crippen LogP contribution in [-0.4, -0.2) is 19.6 Å². The lowest BCUT2D eigenvalue weighted by atomic mass is 10.0. The monoisotopic (exact) mass is 232 g/mol. The van der Waals surface area contributed by atoms with E-state index < -0.39 is 0 Å². The highest BCUT2D eigenvalue weighted by Gasteiger charge is 2.13. The molecule has 2 nitrogen and oxygen atoms in total. The Kier molecular flexibility index (Phi) is 4.06. The Hall–Kier alpha value is -1.02. The summed E-state index contributed by atoms with van der Waals surface area (Å²) in [7, 11) is 0. The highest BCUT2D eigenvalue weighted by atomic mass is 14.9. The summed E-state index contributed by atoms with van der Waals surface area (Å²) in [6, 6.07) is 4.42. The molecule has 2 N–H and O–H groups in total. The van der Waals surface area contributed by atoms with Crippen molar-refractivity contribution in [3.8, 4) is 0 Å². The molecule has 1 fully saturated rings. The molecule has 17 heavy (non-hydrogen) atoms. The quantitative estimate of drug-likeness (QED) is 0.834. The number of nitrogens with one attached hydrogen (secondary N) is 2. The van der Waals surface area contributed by atoms with Gasteiger partial charge < -0.3 is 10.6 Å². The molecular formula is C15H24N2. The zero-order valence-electron chi connectivity index (χ0n) is 11.3. The highest BCUT2D eigenvalue weighted by Crippen LogP contribution is 2.22. The molecule has 2 heteroatoms. The Labute approximate surface area is 105 Å². The Morgan fingerprint density at radius 2 is 2.06 bits per heavy atom. The van der Waals surface area contributed by atoms with Gasteiger partial charge in [-0.3, -0.25) is 0 Å². The maximum atomic E-state index is 3.58. The molecule has 1 unspecified atom stereocenters. The van der Waals surface area contributed by atoms with Crippen molar-refractivity contribution in [2.24, 2.45) is 5.92 Å². The molecule has 2 rings (SSSR count). The van der Waals surface area contributed by atoms with Crippen molar-refractivity contribution in [3.05, 3.63) is 28.8 Å². The first-order valence-electron chi connectivity index (χ1n) is 6.70. The van der Waals surface area contributed by atoms with Crippen LogP contribution in [-0.2, 0) is 0 Å². The second kappa shape index (κ2) is 5.54. The molecule has 1 aromatic rings. The number of benzene rings is 1. The Morgan fingerprint density at radius 3 is 2.76 bits per heavy atom. The van der Waals surface area contributed by atoms with E-state index in [4.69, 9.17) is 0 Å². The third-order valence-electron chi connectivity index (χ3n) is 4.09. The number of aryl methyl sites for hydroxylation is 1. The summed E-state index contributed by atoms with van der Waals surface area (Å²) in [6.45, 7) is 10.1. The largest absolute Gasteiger partial charge is 0.385 e. The van der Waals surface area contributed by atoms with Crippen LogP contribution in [0.1, 0.15) is 29.5 Å². The SMILES string of the molecule is Cc1ccc(NCCC2CCNC2)c(C)c1C. The average Bonchev–Trinajstić information content (AvgIpc) is 2.82. The van der Waals surface area contributed by atoms with E-state index in [-0.39, 0.29) is 0 Å². The average molecular weight is 232 g/mol. The van der Waals surface area contributed by atoms with Gasteiger partial charge in [-0.1, -0.05) is 6.07 Å². The third-order valence-corrected chi connectivity index (χ3v) is 4.09. The van der Waals surface area contributed by atoms with E-state index in [0.717, 1.165) is 12.5 Å². The van der Waals surface area contributed by atoms with Gasteiger partial charge in [-0.05, 0) is 75.4 Å². The summed E-state index contributed by atoms with van der Waals surface area (Å²) < 4.78 is 0. The Morgan fingerprint density at radius 1 is 1.24 bits per heavy atom. The molecule has 1 aromatic carbocycles. The van der Waals surface area contributed by atoms with Crippen LogP contribution in [0.4, 0.5) is 5.69 Å². The second-order valence-electron chi connectivity index (χ2n) is 5.25. The van der Waals surface area contributed by atoms with Crippen molar-refractivity contribution in [2.45, 2.75) is 33.6 Å². The molecule has 0 aliphatic carbocycles. The Bertz CT molecular complexity index is 379. The lowest BCUT2D eigenvalue weighted by molar-refractivity contribution is 0.549. The second-order valence-corrected chi connectivity index (χ2v) is 5.25. The first-order chi connectivity index (χ1) is 8.18. The van der Waals surface area contributed by atoms with E-state index in [1.54, 1.807) is 0 Å². The van der Waals surface area contributed by atoms with Gasteiger partial charge in [-0.2, -0.15) is 0 Å². The smallest absolute Gasteiger partial charge is 0.0372 e. The minimum Gasteiger partial charge on any atom is -0.385 e. The number of hydrogen-bond donors (Lipinski definition) is 2. The van der Waals surface area contributed by atoms with Crippen LogP contribution < -0.4 is 10.6 Å². The van der Waals surface area contributed by atoms with E-state index in [1.165, 1.54) is 48.3 Å². The van der Waals surface area contributed by atoms with Gasteiger partial charge in [0.2, 0.25) is 0 Å². The normalized spacial score (nSPS) is 19.6. The lowest BCUT2D eigenvalue weighted by Crippen LogP contribution is -2.13. The van der Waals surface area contributed by atoms with Crippen LogP contribution in [0.25, 0.3) is 0 Å². The molecule has 0 radical (unpaired) electrons. The van der Waals surface area contributed by atoms with Crippen molar-refractivity contribution in [3.63, 3.8) is 0 Å². The predicted molar refractivity (Wildman–Crippen MR) is 74.7 cm³/mol. The van der Waals surface area contributed by atoms with Gasteiger partial charge in [0, 0.05) is 12.2 Å². The van der Waals surface area contributed by atoms with Crippen LogP contribution in [0.3, 0.4) is 0 Å². The first-order valence-corrected chi connectivity index (χ1v) is 6.70. The minimum atomic E-state index is 0.870. The van der Waals surface area contributed by atoms with E-state index in [2.05, 4.69) is 43.5 Å². The summed E-state index contributed by atoms with van der Waals surface area (Å²) in [5.74, 6) is 0.870. The van der Waals surface area contributed by atoms with Crippen LogP contribution in [0.2, 0.25) is 0 Å². The predicted octanol–water partition coefficient (Wildman–Crippen LogP) is 3.02. The van der Waals surface area contributed by atoms with Gasteiger partial charge in [0.25, 0.3) is 0 Å². The number of hydrogen-bond acceptors (Lipinski definition) is 2. The molecule has 0 saturated carbocycles. The van der Waals surface area contributed by atoms with Crippen LogP contribution >= 0.6 is 0 Å². The Balaban J connectivity index is 1.88. The van der Waals surface area contributed by atoms with Crippen molar-refractivity contribution < 1.29 is 0 Å². The van der Waals surface area contributed by atoms with Gasteiger partial charge in [0.05, 0.1) is 0 Å². The van der Waals surface area contributed by atoms with Gasteiger partial charge >= 0.3 is 0 Å². The maximum absolute atomic E-state index is 3.58. The maximum Gasteiger partial charge on any atom is 0.0372 e. The molecule has 1 aliphatic heterocycles. The topological polar surface area (TPSA) is 24.1 Å². The van der Waals surface area contributed by atoms with Crippen molar-refractivity contribution >= 4 is 5.69 Å². The fourth-order valence-electron chi connectivity index (χ4n) is 2.52. The summed E-state index contributed by atoms with van der Waals surface area (Å²) >= 11 is 0. The first kappa shape index (κ1) is 12.4. The van der Waals surface area contributed by atoms with Crippen LogP contribution in [0.5, 0.6) is 0 Å². The zero-order valence-corrected chi connectivity index (χ0v) is 11.3. The molecule has 1 saturated heterocycles. The van der Waals surface area contributed by atoms with Gasteiger partial charge in [0.1, 0.15) is 0 Å². The summed E-state index contributed by atoms with van der Waals surface area (Å²) in [4.78, 5) is 0. The van der Waals surface area contributed by atoms with E-state index in [9.17, 15) is 0 Å². The van der Waals surface area contributed by atoms with Crippen molar-refractivity contribution in [1.82, 2.24) is 5.32 Å². The molecule has 94 valence electrons. The number of anilines is 1. The number of rotatable bonds is 4. The van der Waals surface area contributed by atoms with Crippen LogP contribution in [0, 0.1) is 26.7 Å². The summed E-state index contributed by atoms with van der Waals surface area (Å²) in [5, 5.41) is 7.00. The van der Waals surface area contributed by atoms with Crippen molar-refractivity contribution in [2.75, 3.05) is 25.0 Å². The van der Waals surface area contributed by atoms with Gasteiger partial charge in [-0.15, -0.1) is 0 Å². The lowest BCUT2D eigenvalue weighted by Gasteiger charge is -2.15. The zero-order chi connectivity index (χ0) is 12.3. The summed E-state index contributed by atoms with van der Waals surface area (Å²) in [6.07, 6.45) is 2.62. The standard InChI is InChI=1S/C15H24N2/c1-11-4-5-15(13(3)12(11)2)17-9-7-14-6-8-16-10-14/h4-5,14,16-17H,6-10H2,1-3H3. The summed E-state index contributed by atoms with van der Waals surface area (Å²) in [5.41, 5.74) is 5.50. The van der Waals surface area contributed by atoms with Crippen molar-refractivity contribution in [1.29, 1.82) is 0 Å². The molecule has 1 aliphatic rings. The van der Waals surface area contributed by atoms with E-state index in [0.29, 0.717) is 0 Å². The molecule has 1 heterocycles. The molecule has 0 amide bonds. The molecular weight excluding hydrogens is 208 g/mol. The van der Waals surface area contributed by atoms with Gasteiger partial charge in [0.15, 0.2) is 0 Å². The van der Waals surface area contributed by atoms with Crippen LogP contribution in [0.15, 0.2) is 12.1 Å². The molecule has 1 atom stereocenters. The fourth-order valence-corrected chi connectivity index (χ4v) is 2.52. The molecule has 0 spiro atoms. The minimum absolute atomic E-state index is 0.870. The van der Waals surface area contributed by atoms with Gasteiger partial charge in [-0.25, -0.2) is 0 Å². The third kappa shape index (κ3) is 3.01. The van der Waals surface area contributed by atoms with E-state index >= 15 is 0 Å². The molecule has 0 bridgehead atoms.